The lowest BCUT2D eigenvalue weighted by Gasteiger charge is -2.19. The van der Waals surface area contributed by atoms with Crippen LogP contribution in [0, 0.1) is 0 Å². The molecule has 1 fully saturated rings. The fraction of sp³-hybridized carbons (Fsp3) is 0.700. The van der Waals surface area contributed by atoms with Crippen LogP contribution in [0.25, 0.3) is 0 Å². The molecule has 1 aliphatic heterocycles. The van der Waals surface area contributed by atoms with Gasteiger partial charge in [-0.1, -0.05) is 0 Å². The van der Waals surface area contributed by atoms with Crippen LogP contribution in [-0.4, -0.2) is 34.2 Å². The van der Waals surface area contributed by atoms with E-state index in [4.69, 9.17) is 0 Å². The summed E-state index contributed by atoms with van der Waals surface area (Å²) in [4.78, 5) is 2.52. The first-order chi connectivity index (χ1) is 6.27. The van der Waals surface area contributed by atoms with Crippen LogP contribution in [-0.2, 0) is 0 Å². The minimum atomic E-state index is 0.671. The molecule has 0 radical (unpaired) electrons. The second-order valence-electron chi connectivity index (χ2n) is 4.09. The molecule has 13 heavy (non-hydrogen) atoms. The Balaban J connectivity index is 1.99. The first-order valence-corrected chi connectivity index (χ1v) is 5.00. The number of H-pyrrole nitrogens is 1. The highest BCUT2D eigenvalue weighted by molar-refractivity contribution is 5.08. The zero-order valence-corrected chi connectivity index (χ0v) is 8.33. The SMILES string of the molecule is CC(C)N1CCC(c2ccn[nH]2)C1. The van der Waals surface area contributed by atoms with E-state index in [1.54, 1.807) is 0 Å². The topological polar surface area (TPSA) is 31.9 Å². The van der Waals surface area contributed by atoms with Crippen molar-refractivity contribution < 1.29 is 0 Å². The van der Waals surface area contributed by atoms with Crippen molar-refractivity contribution >= 4 is 0 Å². The summed E-state index contributed by atoms with van der Waals surface area (Å²) in [5.74, 6) is 0.671. The highest BCUT2D eigenvalue weighted by Gasteiger charge is 2.25. The summed E-state index contributed by atoms with van der Waals surface area (Å²) in [6, 6.07) is 2.77. The maximum Gasteiger partial charge on any atom is 0.0490 e. The van der Waals surface area contributed by atoms with E-state index in [1.807, 2.05) is 6.20 Å². The largest absolute Gasteiger partial charge is 0.300 e. The predicted octanol–water partition coefficient (Wildman–Crippen LogP) is 1.61. The van der Waals surface area contributed by atoms with Crippen molar-refractivity contribution in [3.8, 4) is 0 Å². The molecule has 3 heteroatoms. The molecule has 0 saturated carbocycles. The Morgan fingerprint density at radius 3 is 3.00 bits per heavy atom. The Kier molecular flexibility index (Phi) is 2.36. The van der Waals surface area contributed by atoms with Crippen LogP contribution in [0.4, 0.5) is 0 Å². The third kappa shape index (κ3) is 1.75. The summed E-state index contributed by atoms with van der Waals surface area (Å²) in [7, 11) is 0. The Hall–Kier alpha value is -0.830. The molecular weight excluding hydrogens is 162 g/mol. The summed E-state index contributed by atoms with van der Waals surface area (Å²) < 4.78 is 0. The maximum absolute atomic E-state index is 3.99. The monoisotopic (exact) mass is 179 g/mol. The number of rotatable bonds is 2. The van der Waals surface area contributed by atoms with Crippen LogP contribution in [0.5, 0.6) is 0 Å². The third-order valence-corrected chi connectivity index (χ3v) is 2.91. The van der Waals surface area contributed by atoms with Crippen molar-refractivity contribution in [2.45, 2.75) is 32.2 Å². The van der Waals surface area contributed by atoms with E-state index >= 15 is 0 Å². The lowest BCUT2D eigenvalue weighted by molar-refractivity contribution is 0.272. The van der Waals surface area contributed by atoms with Gasteiger partial charge in [0.1, 0.15) is 0 Å². The average Bonchev–Trinajstić information content (AvgIpc) is 2.75. The molecule has 0 aromatic carbocycles. The number of nitrogens with zero attached hydrogens (tertiary/aromatic N) is 2. The predicted molar refractivity (Wildman–Crippen MR) is 52.7 cm³/mol. The average molecular weight is 179 g/mol. The second kappa shape index (κ2) is 3.50. The van der Waals surface area contributed by atoms with Crippen molar-refractivity contribution in [1.82, 2.24) is 15.1 Å². The van der Waals surface area contributed by atoms with E-state index < -0.39 is 0 Å². The van der Waals surface area contributed by atoms with Gasteiger partial charge in [-0.3, -0.25) is 5.10 Å². The lowest BCUT2D eigenvalue weighted by atomic mass is 10.1. The van der Waals surface area contributed by atoms with Crippen LogP contribution >= 0.6 is 0 Å². The van der Waals surface area contributed by atoms with Crippen LogP contribution < -0.4 is 0 Å². The fourth-order valence-electron chi connectivity index (χ4n) is 2.00. The normalized spacial score (nSPS) is 24.4. The molecule has 3 nitrogen and oxygen atoms in total. The Morgan fingerprint density at radius 1 is 1.62 bits per heavy atom. The fourth-order valence-corrected chi connectivity index (χ4v) is 2.00. The van der Waals surface area contributed by atoms with Crippen molar-refractivity contribution in [3.63, 3.8) is 0 Å². The molecule has 1 saturated heterocycles. The van der Waals surface area contributed by atoms with E-state index in [2.05, 4.69) is 35.0 Å². The van der Waals surface area contributed by atoms with Gasteiger partial charge in [-0.15, -0.1) is 0 Å². The second-order valence-corrected chi connectivity index (χ2v) is 4.09. The van der Waals surface area contributed by atoms with Gasteiger partial charge in [-0.2, -0.15) is 5.10 Å². The molecule has 1 aromatic rings. The zero-order chi connectivity index (χ0) is 9.26. The third-order valence-electron chi connectivity index (χ3n) is 2.91. The van der Waals surface area contributed by atoms with Gasteiger partial charge >= 0.3 is 0 Å². The Bertz CT molecular complexity index is 253. The summed E-state index contributed by atoms with van der Waals surface area (Å²) in [6.07, 6.45) is 3.10. The minimum absolute atomic E-state index is 0.671. The van der Waals surface area contributed by atoms with Gasteiger partial charge in [0.2, 0.25) is 0 Å². The molecule has 0 aliphatic carbocycles. The van der Waals surface area contributed by atoms with Crippen molar-refractivity contribution in [2.75, 3.05) is 13.1 Å². The van der Waals surface area contributed by atoms with Gasteiger partial charge < -0.3 is 4.90 Å². The van der Waals surface area contributed by atoms with Gasteiger partial charge in [0, 0.05) is 30.4 Å². The first kappa shape index (κ1) is 8.75. The Morgan fingerprint density at radius 2 is 2.46 bits per heavy atom. The standard InChI is InChI=1S/C10H17N3/c1-8(2)13-6-4-9(7-13)10-3-5-11-12-10/h3,5,8-9H,4,6-7H2,1-2H3,(H,11,12). The zero-order valence-electron chi connectivity index (χ0n) is 8.33. The van der Waals surface area contributed by atoms with Crippen LogP contribution in [0.3, 0.4) is 0 Å². The van der Waals surface area contributed by atoms with Crippen molar-refractivity contribution in [3.05, 3.63) is 18.0 Å². The number of nitrogens with one attached hydrogen (secondary N) is 1. The first-order valence-electron chi connectivity index (χ1n) is 5.00. The van der Waals surface area contributed by atoms with E-state index in [-0.39, 0.29) is 0 Å². The number of aromatic amines is 1. The minimum Gasteiger partial charge on any atom is -0.300 e. The molecule has 0 bridgehead atoms. The number of aromatic nitrogens is 2. The Labute approximate surface area is 79.1 Å². The summed E-state index contributed by atoms with van der Waals surface area (Å²) in [5, 5.41) is 7.06. The van der Waals surface area contributed by atoms with Crippen molar-refractivity contribution in [1.29, 1.82) is 0 Å². The molecule has 0 amide bonds. The summed E-state index contributed by atoms with van der Waals surface area (Å²) >= 11 is 0. The highest BCUT2D eigenvalue weighted by atomic mass is 15.2. The molecule has 1 unspecified atom stereocenters. The maximum atomic E-state index is 3.99. The number of hydrogen-bond acceptors (Lipinski definition) is 2. The van der Waals surface area contributed by atoms with Crippen LogP contribution in [0.2, 0.25) is 0 Å². The highest BCUT2D eigenvalue weighted by Crippen LogP contribution is 2.26. The molecule has 2 heterocycles. The molecule has 1 aliphatic rings. The molecule has 2 rings (SSSR count). The molecular formula is C10H17N3. The quantitative estimate of drug-likeness (QED) is 0.748. The number of hydrogen-bond donors (Lipinski definition) is 1. The van der Waals surface area contributed by atoms with E-state index in [0.717, 1.165) is 0 Å². The molecule has 72 valence electrons. The van der Waals surface area contributed by atoms with Crippen molar-refractivity contribution in [2.24, 2.45) is 0 Å². The molecule has 1 aromatic heterocycles. The van der Waals surface area contributed by atoms with Crippen LogP contribution in [0.15, 0.2) is 12.3 Å². The van der Waals surface area contributed by atoms with E-state index in [9.17, 15) is 0 Å². The van der Waals surface area contributed by atoms with Gasteiger partial charge in [0.25, 0.3) is 0 Å². The molecule has 0 spiro atoms. The van der Waals surface area contributed by atoms with Gasteiger partial charge in [0.15, 0.2) is 0 Å². The lowest BCUT2D eigenvalue weighted by Crippen LogP contribution is -2.27. The van der Waals surface area contributed by atoms with E-state index in [1.165, 1.54) is 25.2 Å². The van der Waals surface area contributed by atoms with Crippen LogP contribution in [0.1, 0.15) is 31.9 Å². The molecule has 1 atom stereocenters. The molecule has 1 N–H and O–H groups in total. The number of likely N-dealkylation sites (tertiary alicyclic amines) is 1. The smallest absolute Gasteiger partial charge is 0.0490 e. The van der Waals surface area contributed by atoms with Gasteiger partial charge in [-0.05, 0) is 32.9 Å². The van der Waals surface area contributed by atoms with Gasteiger partial charge in [0.05, 0.1) is 0 Å². The summed E-state index contributed by atoms with van der Waals surface area (Å²) in [5.41, 5.74) is 1.29. The van der Waals surface area contributed by atoms with Gasteiger partial charge in [-0.25, -0.2) is 0 Å². The van der Waals surface area contributed by atoms with E-state index in [0.29, 0.717) is 12.0 Å². The summed E-state index contributed by atoms with van der Waals surface area (Å²) in [6.45, 7) is 6.92.